The van der Waals surface area contributed by atoms with Gasteiger partial charge in [-0.05, 0) is 23.8 Å². The fraction of sp³-hybridized carbons (Fsp3) is 0.250. The summed E-state index contributed by atoms with van der Waals surface area (Å²) in [7, 11) is 7.09. The number of allylic oxidation sites excluding steroid dienone is 1. The summed E-state index contributed by atoms with van der Waals surface area (Å²) in [4.78, 5) is 12.8. The van der Waals surface area contributed by atoms with Crippen LogP contribution in [0.3, 0.4) is 0 Å². The monoisotopic (exact) mass is 374 g/mol. The number of phenols is 1. The number of ether oxygens (including phenoxy) is 5. The molecule has 1 N–H and O–H groups in total. The van der Waals surface area contributed by atoms with Crippen molar-refractivity contribution in [2.75, 3.05) is 35.5 Å². The highest BCUT2D eigenvalue weighted by Gasteiger charge is 2.30. The van der Waals surface area contributed by atoms with E-state index in [1.165, 1.54) is 34.5 Å². The first-order valence-corrected chi connectivity index (χ1v) is 7.97. The van der Waals surface area contributed by atoms with Crippen molar-refractivity contribution in [3.8, 4) is 34.5 Å². The summed E-state index contributed by atoms with van der Waals surface area (Å²) in [6.07, 6.45) is 2.94. The molecule has 0 saturated heterocycles. The van der Waals surface area contributed by atoms with Crippen LogP contribution in [0.1, 0.15) is 15.9 Å². The van der Waals surface area contributed by atoms with Gasteiger partial charge in [0.25, 0.3) is 0 Å². The standard InChI is InChI=1S/C20H22O7/c1-23-13-9-6-12(7-10-13)8-11-14(21)15-16(22)18(25-3)20(27-5)19(26-4)17(15)24-2/h6-11,22H,1-5H3/b11-8+. The van der Waals surface area contributed by atoms with Crippen molar-refractivity contribution in [1.82, 2.24) is 0 Å². The molecule has 0 aliphatic rings. The van der Waals surface area contributed by atoms with E-state index in [0.29, 0.717) is 5.75 Å². The Bertz CT molecular complexity index is 839. The van der Waals surface area contributed by atoms with Crippen LogP contribution in [0.2, 0.25) is 0 Å². The topological polar surface area (TPSA) is 83.5 Å². The van der Waals surface area contributed by atoms with Crippen LogP contribution in [0.25, 0.3) is 6.08 Å². The van der Waals surface area contributed by atoms with Crippen molar-refractivity contribution in [2.45, 2.75) is 0 Å². The van der Waals surface area contributed by atoms with E-state index in [2.05, 4.69) is 0 Å². The van der Waals surface area contributed by atoms with E-state index in [9.17, 15) is 9.90 Å². The van der Waals surface area contributed by atoms with Gasteiger partial charge in [-0.1, -0.05) is 18.2 Å². The van der Waals surface area contributed by atoms with Crippen molar-refractivity contribution >= 4 is 11.9 Å². The highest BCUT2D eigenvalue weighted by molar-refractivity contribution is 6.12. The van der Waals surface area contributed by atoms with Crippen molar-refractivity contribution in [1.29, 1.82) is 0 Å². The van der Waals surface area contributed by atoms with Gasteiger partial charge < -0.3 is 28.8 Å². The lowest BCUT2D eigenvalue weighted by Gasteiger charge is -2.19. The third kappa shape index (κ3) is 3.92. The van der Waals surface area contributed by atoms with E-state index in [-0.39, 0.29) is 28.6 Å². The zero-order valence-electron chi connectivity index (χ0n) is 15.9. The van der Waals surface area contributed by atoms with E-state index in [4.69, 9.17) is 23.7 Å². The van der Waals surface area contributed by atoms with Crippen LogP contribution < -0.4 is 23.7 Å². The third-order valence-corrected chi connectivity index (χ3v) is 3.90. The molecule has 2 rings (SSSR count). The Kier molecular flexibility index (Phi) is 6.54. The molecule has 0 aliphatic heterocycles. The lowest BCUT2D eigenvalue weighted by molar-refractivity contribution is 0.104. The summed E-state index contributed by atoms with van der Waals surface area (Å²) < 4.78 is 26.1. The molecule has 27 heavy (non-hydrogen) atoms. The Labute approximate surface area is 157 Å². The summed E-state index contributed by atoms with van der Waals surface area (Å²) in [6, 6.07) is 7.16. The maximum atomic E-state index is 12.8. The molecule has 0 radical (unpaired) electrons. The minimum Gasteiger partial charge on any atom is -0.504 e. The van der Waals surface area contributed by atoms with Crippen LogP contribution >= 0.6 is 0 Å². The molecule has 0 amide bonds. The van der Waals surface area contributed by atoms with Gasteiger partial charge in [0, 0.05) is 0 Å². The normalized spacial score (nSPS) is 10.6. The van der Waals surface area contributed by atoms with Gasteiger partial charge in [-0.25, -0.2) is 0 Å². The Morgan fingerprint density at radius 3 is 1.78 bits per heavy atom. The Hall–Kier alpha value is -3.35. The summed E-state index contributed by atoms with van der Waals surface area (Å²) in [5, 5.41) is 10.6. The molecule has 0 spiro atoms. The molecule has 7 nitrogen and oxygen atoms in total. The van der Waals surface area contributed by atoms with E-state index in [1.807, 2.05) is 0 Å². The molecule has 2 aromatic rings. The zero-order chi connectivity index (χ0) is 20.0. The molecule has 0 heterocycles. The quantitative estimate of drug-likeness (QED) is 0.560. The predicted molar refractivity (Wildman–Crippen MR) is 101 cm³/mol. The van der Waals surface area contributed by atoms with E-state index >= 15 is 0 Å². The molecular weight excluding hydrogens is 352 g/mol. The summed E-state index contributed by atoms with van der Waals surface area (Å²) in [5.74, 6) is 0.146. The molecule has 144 valence electrons. The Morgan fingerprint density at radius 1 is 0.778 bits per heavy atom. The first-order valence-electron chi connectivity index (χ1n) is 7.97. The van der Waals surface area contributed by atoms with Gasteiger partial charge in [-0.2, -0.15) is 0 Å². The minimum atomic E-state index is -0.487. The number of rotatable bonds is 8. The fourth-order valence-corrected chi connectivity index (χ4v) is 2.60. The third-order valence-electron chi connectivity index (χ3n) is 3.90. The van der Waals surface area contributed by atoms with Gasteiger partial charge in [0.15, 0.2) is 17.3 Å². The van der Waals surface area contributed by atoms with E-state index < -0.39 is 11.5 Å². The van der Waals surface area contributed by atoms with Crippen molar-refractivity contribution in [3.05, 3.63) is 41.5 Å². The molecule has 7 heteroatoms. The van der Waals surface area contributed by atoms with E-state index in [0.717, 1.165) is 5.56 Å². The number of aromatic hydroxyl groups is 1. The highest BCUT2D eigenvalue weighted by Crippen LogP contribution is 2.53. The van der Waals surface area contributed by atoms with Crippen LogP contribution in [0.4, 0.5) is 0 Å². The largest absolute Gasteiger partial charge is 0.504 e. The zero-order valence-corrected chi connectivity index (χ0v) is 15.9. The van der Waals surface area contributed by atoms with Gasteiger partial charge in [0.2, 0.25) is 17.2 Å². The number of benzene rings is 2. The van der Waals surface area contributed by atoms with Crippen LogP contribution in [0, 0.1) is 0 Å². The number of hydrogen-bond donors (Lipinski definition) is 1. The predicted octanol–water partition coefficient (Wildman–Crippen LogP) is 3.33. The maximum Gasteiger partial charge on any atom is 0.211 e. The lowest BCUT2D eigenvalue weighted by atomic mass is 10.0. The summed E-state index contributed by atoms with van der Waals surface area (Å²) >= 11 is 0. The second-order valence-corrected chi connectivity index (χ2v) is 5.33. The highest BCUT2D eigenvalue weighted by atomic mass is 16.5. The van der Waals surface area contributed by atoms with Gasteiger partial charge in [-0.15, -0.1) is 0 Å². The summed E-state index contributed by atoms with van der Waals surface area (Å²) in [6.45, 7) is 0. The first-order chi connectivity index (χ1) is 13.0. The second-order valence-electron chi connectivity index (χ2n) is 5.33. The molecule has 0 atom stereocenters. The number of carbonyl (C=O) groups excluding carboxylic acids is 1. The first kappa shape index (κ1) is 20.0. The minimum absolute atomic E-state index is 0.0173. The fourth-order valence-electron chi connectivity index (χ4n) is 2.60. The second kappa shape index (κ2) is 8.84. The average molecular weight is 374 g/mol. The van der Waals surface area contributed by atoms with Crippen LogP contribution in [-0.2, 0) is 0 Å². The van der Waals surface area contributed by atoms with Crippen LogP contribution in [0.5, 0.6) is 34.5 Å². The SMILES string of the molecule is COc1ccc(/C=C/C(=O)c2c(O)c(OC)c(OC)c(OC)c2OC)cc1. The molecule has 0 saturated carbocycles. The van der Waals surface area contributed by atoms with Gasteiger partial charge in [-0.3, -0.25) is 4.79 Å². The van der Waals surface area contributed by atoms with Gasteiger partial charge in [0.1, 0.15) is 11.3 Å². The number of phenolic OH excluding ortho intramolecular Hbond substituents is 1. The smallest absolute Gasteiger partial charge is 0.211 e. The van der Waals surface area contributed by atoms with Crippen LogP contribution in [-0.4, -0.2) is 46.4 Å². The molecule has 0 aromatic heterocycles. The van der Waals surface area contributed by atoms with Gasteiger partial charge in [0.05, 0.1) is 35.5 Å². The molecule has 0 unspecified atom stereocenters. The average Bonchev–Trinajstić information content (AvgIpc) is 2.70. The molecule has 0 fully saturated rings. The lowest BCUT2D eigenvalue weighted by Crippen LogP contribution is -2.05. The van der Waals surface area contributed by atoms with Gasteiger partial charge >= 0.3 is 0 Å². The van der Waals surface area contributed by atoms with Crippen molar-refractivity contribution in [2.24, 2.45) is 0 Å². The number of methoxy groups -OCH3 is 5. The molecule has 0 aliphatic carbocycles. The van der Waals surface area contributed by atoms with Crippen molar-refractivity contribution in [3.63, 3.8) is 0 Å². The maximum absolute atomic E-state index is 12.8. The summed E-state index contributed by atoms with van der Waals surface area (Å²) in [5.41, 5.74) is 0.701. The molecule has 0 bridgehead atoms. The van der Waals surface area contributed by atoms with E-state index in [1.54, 1.807) is 37.5 Å². The van der Waals surface area contributed by atoms with Crippen LogP contribution in [0.15, 0.2) is 30.3 Å². The molecule has 2 aromatic carbocycles. The molecular formula is C20H22O7. The Balaban J connectivity index is 2.51. The van der Waals surface area contributed by atoms with Crippen molar-refractivity contribution < 1.29 is 33.6 Å². The number of ketones is 1. The number of carbonyl (C=O) groups is 1. The number of hydrogen-bond acceptors (Lipinski definition) is 7. The Morgan fingerprint density at radius 2 is 1.30 bits per heavy atom.